The normalized spacial score (nSPS) is 32.7. The van der Waals surface area contributed by atoms with E-state index in [0.29, 0.717) is 12.5 Å². The van der Waals surface area contributed by atoms with Gasteiger partial charge in [-0.05, 0) is 98.3 Å². The van der Waals surface area contributed by atoms with E-state index in [1.54, 1.807) is 0 Å². The summed E-state index contributed by atoms with van der Waals surface area (Å²) >= 11 is 0. The van der Waals surface area contributed by atoms with Crippen LogP contribution in [0.3, 0.4) is 0 Å². The molecule has 9 heteroatoms. The summed E-state index contributed by atoms with van der Waals surface area (Å²) in [7, 11) is -2.20. The van der Waals surface area contributed by atoms with Crippen LogP contribution in [0.2, 0.25) is 36.3 Å². The Balaban J connectivity index is 1.71. The third-order valence-corrected chi connectivity index (χ3v) is 21.8. The van der Waals surface area contributed by atoms with E-state index in [0.717, 1.165) is 57.8 Å². The molecule has 10 atom stereocenters. The van der Waals surface area contributed by atoms with Crippen molar-refractivity contribution in [3.05, 3.63) is 24.3 Å². The average molecular weight is 725 g/mol. The van der Waals surface area contributed by atoms with Crippen molar-refractivity contribution in [2.45, 2.75) is 198 Å². The average Bonchev–Trinajstić information content (AvgIpc) is 3.52. The fourth-order valence-electron chi connectivity index (χ4n) is 7.39. The first kappa shape index (κ1) is 43.0. The summed E-state index contributed by atoms with van der Waals surface area (Å²) in [6.45, 7) is 37.3. The molecule has 0 aliphatic carbocycles. The largest absolute Gasteiger partial charge is 0.414 e. The highest BCUT2D eigenvalue weighted by atomic mass is 28.4. The summed E-state index contributed by atoms with van der Waals surface area (Å²) < 4.78 is 40.3. The zero-order valence-electron chi connectivity index (χ0n) is 33.9. The van der Waals surface area contributed by atoms with Gasteiger partial charge in [-0.2, -0.15) is 0 Å². The Kier molecular flexibility index (Phi) is 15.5. The smallest absolute Gasteiger partial charge is 0.192 e. The Hall–Kier alpha value is -0.366. The number of ether oxygens (including phenoxy) is 4. The molecule has 1 N–H and O–H groups in total. The topological polar surface area (TPSA) is 75.6 Å². The SMILES string of the molecule is C=C1C[C@H](CCCO)O[C@H]1CC[C@H]1C[C@@H](C)C(=C)[C@@H](C[C@@H]2OC(CC(CO[Si](C)(C)C(C)(C)C)O[Si](C)(C)C(C)(C)C)[C@H](OC)[C@H]2CC)O1. The summed E-state index contributed by atoms with van der Waals surface area (Å²) in [4.78, 5) is 0. The minimum absolute atomic E-state index is 0.0113. The second-order valence-electron chi connectivity index (χ2n) is 18.5. The lowest BCUT2D eigenvalue weighted by Gasteiger charge is -2.42. The van der Waals surface area contributed by atoms with Crippen molar-refractivity contribution in [1.82, 2.24) is 0 Å². The summed E-state index contributed by atoms with van der Waals surface area (Å²) in [5, 5.41) is 9.46. The van der Waals surface area contributed by atoms with Gasteiger partial charge >= 0.3 is 0 Å². The minimum Gasteiger partial charge on any atom is -0.414 e. The molecule has 3 aliphatic rings. The quantitative estimate of drug-likeness (QED) is 0.118. The minimum atomic E-state index is -2.07. The van der Waals surface area contributed by atoms with Crippen molar-refractivity contribution in [2.24, 2.45) is 11.8 Å². The number of methoxy groups -OCH3 is 1. The molecule has 3 aliphatic heterocycles. The van der Waals surface area contributed by atoms with Crippen LogP contribution in [-0.2, 0) is 27.8 Å². The standard InChI is InChI=1S/C40H76O7Si2/c1-16-33-36(25-35-29(4)27(2)22-31(45-35)19-20-34-28(3)23-30(44-34)18-17-21-41)46-37(38(33)42-11)24-32(47-49(14,15)40(8,9)10)26-43-48(12,13)39(5,6)7/h27,30-38,41H,3-4,16-26H2,1-2,5-15H3/t27-,30+,31+,32?,33+,34+,35-,36+,37?,38-/m1/s1. The molecule has 0 radical (unpaired) electrons. The zero-order chi connectivity index (χ0) is 36.9. The highest BCUT2D eigenvalue weighted by Crippen LogP contribution is 2.43. The van der Waals surface area contributed by atoms with Crippen LogP contribution in [-0.4, -0.2) is 90.9 Å². The zero-order valence-corrected chi connectivity index (χ0v) is 35.9. The van der Waals surface area contributed by atoms with E-state index in [1.807, 2.05) is 7.11 Å². The van der Waals surface area contributed by atoms with E-state index in [4.69, 9.17) is 27.8 Å². The van der Waals surface area contributed by atoms with Crippen molar-refractivity contribution in [1.29, 1.82) is 0 Å². The maximum absolute atomic E-state index is 9.23. The van der Waals surface area contributed by atoms with Crippen LogP contribution in [0.25, 0.3) is 0 Å². The molecular formula is C40H76O7Si2. The molecule has 0 aromatic heterocycles. The first-order chi connectivity index (χ1) is 22.6. The summed E-state index contributed by atoms with van der Waals surface area (Å²) in [6.07, 6.45) is 8.18. The third kappa shape index (κ3) is 11.3. The number of aliphatic hydroxyl groups is 1. The Bertz CT molecular complexity index is 1060. The molecule has 0 saturated carbocycles. The molecule has 0 bridgehead atoms. The van der Waals surface area contributed by atoms with Gasteiger partial charge in [0.05, 0.1) is 55.4 Å². The third-order valence-electron chi connectivity index (χ3n) is 12.8. The highest BCUT2D eigenvalue weighted by Gasteiger charge is 2.48. The van der Waals surface area contributed by atoms with E-state index >= 15 is 0 Å². The molecule has 2 unspecified atom stereocenters. The lowest BCUT2D eigenvalue weighted by Crippen LogP contribution is -2.49. The van der Waals surface area contributed by atoms with Gasteiger partial charge < -0.3 is 32.9 Å². The van der Waals surface area contributed by atoms with Gasteiger partial charge in [0.25, 0.3) is 0 Å². The van der Waals surface area contributed by atoms with Gasteiger partial charge in [-0.3, -0.25) is 0 Å². The predicted molar refractivity (Wildman–Crippen MR) is 207 cm³/mol. The van der Waals surface area contributed by atoms with E-state index in [9.17, 15) is 5.11 Å². The molecule has 3 heterocycles. The highest BCUT2D eigenvalue weighted by molar-refractivity contribution is 6.74. The van der Waals surface area contributed by atoms with Gasteiger partial charge in [0, 0.05) is 32.5 Å². The monoisotopic (exact) mass is 725 g/mol. The van der Waals surface area contributed by atoms with Gasteiger partial charge in [0.1, 0.15) is 0 Å². The molecular weight excluding hydrogens is 649 g/mol. The Morgan fingerprint density at radius 2 is 1.51 bits per heavy atom. The Morgan fingerprint density at radius 1 is 0.878 bits per heavy atom. The molecule has 7 nitrogen and oxygen atoms in total. The van der Waals surface area contributed by atoms with Gasteiger partial charge in [-0.15, -0.1) is 0 Å². The Morgan fingerprint density at radius 3 is 2.08 bits per heavy atom. The van der Waals surface area contributed by atoms with Crippen molar-refractivity contribution in [3.8, 4) is 0 Å². The van der Waals surface area contributed by atoms with Crippen LogP contribution in [0, 0.1) is 11.8 Å². The second kappa shape index (κ2) is 17.6. The molecule has 0 aromatic carbocycles. The van der Waals surface area contributed by atoms with Gasteiger partial charge in [0.15, 0.2) is 16.6 Å². The van der Waals surface area contributed by atoms with Crippen molar-refractivity contribution in [2.75, 3.05) is 20.3 Å². The van der Waals surface area contributed by atoms with Crippen molar-refractivity contribution in [3.63, 3.8) is 0 Å². The summed E-state index contributed by atoms with van der Waals surface area (Å²) in [5.74, 6) is 0.655. The van der Waals surface area contributed by atoms with Gasteiger partial charge in [0.2, 0.25) is 0 Å². The second-order valence-corrected chi connectivity index (χ2v) is 28.1. The molecule has 3 rings (SSSR count). The van der Waals surface area contributed by atoms with Crippen LogP contribution in [0.4, 0.5) is 0 Å². The number of hydrogen-bond donors (Lipinski definition) is 1. The van der Waals surface area contributed by atoms with E-state index in [1.165, 1.54) is 11.1 Å². The molecule has 0 amide bonds. The molecule has 3 fully saturated rings. The first-order valence-corrected chi connectivity index (χ1v) is 25.2. The van der Waals surface area contributed by atoms with Crippen molar-refractivity contribution < 1.29 is 32.9 Å². The Labute approximate surface area is 303 Å². The summed E-state index contributed by atoms with van der Waals surface area (Å²) in [5.41, 5.74) is 2.36. The number of hydrogen-bond acceptors (Lipinski definition) is 7. The van der Waals surface area contributed by atoms with Crippen LogP contribution in [0.1, 0.15) is 113 Å². The predicted octanol–water partition coefficient (Wildman–Crippen LogP) is 9.60. The molecule has 0 aromatic rings. The van der Waals surface area contributed by atoms with Gasteiger partial charge in [-0.1, -0.05) is 68.5 Å². The molecule has 286 valence electrons. The van der Waals surface area contributed by atoms with Crippen LogP contribution >= 0.6 is 0 Å². The first-order valence-electron chi connectivity index (χ1n) is 19.4. The van der Waals surface area contributed by atoms with E-state index < -0.39 is 16.6 Å². The lowest BCUT2D eigenvalue weighted by atomic mass is 9.82. The van der Waals surface area contributed by atoms with Crippen LogP contribution in [0.5, 0.6) is 0 Å². The fourth-order valence-corrected chi connectivity index (χ4v) is 9.78. The van der Waals surface area contributed by atoms with Gasteiger partial charge in [-0.25, -0.2) is 0 Å². The fraction of sp³-hybridized carbons (Fsp3) is 0.900. The number of aliphatic hydroxyl groups excluding tert-OH is 1. The van der Waals surface area contributed by atoms with Crippen LogP contribution in [0.15, 0.2) is 24.3 Å². The number of rotatable bonds is 17. The maximum Gasteiger partial charge on any atom is 0.192 e. The summed E-state index contributed by atoms with van der Waals surface area (Å²) in [6, 6.07) is 0. The van der Waals surface area contributed by atoms with Crippen LogP contribution < -0.4 is 0 Å². The maximum atomic E-state index is 9.23. The van der Waals surface area contributed by atoms with E-state index in [-0.39, 0.29) is 71.4 Å². The molecule has 49 heavy (non-hydrogen) atoms. The molecule has 3 saturated heterocycles. The van der Waals surface area contributed by atoms with Crippen molar-refractivity contribution >= 4 is 16.6 Å². The van der Waals surface area contributed by atoms with E-state index in [2.05, 4.69) is 94.7 Å². The molecule has 0 spiro atoms. The lowest BCUT2D eigenvalue weighted by molar-refractivity contribution is -0.0786.